The van der Waals surface area contributed by atoms with E-state index in [0.717, 1.165) is 30.5 Å². The van der Waals surface area contributed by atoms with Gasteiger partial charge in [0, 0.05) is 12.6 Å². The summed E-state index contributed by atoms with van der Waals surface area (Å²) in [6, 6.07) is 5.67. The zero-order valence-corrected chi connectivity index (χ0v) is 18.3. The summed E-state index contributed by atoms with van der Waals surface area (Å²) >= 11 is 0. The quantitative estimate of drug-likeness (QED) is 0.740. The number of ether oxygens (including phenoxy) is 2. The number of carbonyl (C=O) groups is 1. The molecule has 0 radical (unpaired) electrons. The Balaban J connectivity index is 1.41. The highest BCUT2D eigenvalue weighted by molar-refractivity contribution is 5.87. The number of carboxylic acid groups (broad SMARTS) is 1. The van der Waals surface area contributed by atoms with Gasteiger partial charge in [0.05, 0.1) is 43.5 Å². The van der Waals surface area contributed by atoms with Crippen LogP contribution in [-0.4, -0.2) is 47.3 Å². The summed E-state index contributed by atoms with van der Waals surface area (Å²) < 4.78 is 12.0. The Bertz CT molecular complexity index is 911. The van der Waals surface area contributed by atoms with Gasteiger partial charge in [-0.25, -0.2) is 9.78 Å². The average molecular weight is 426 g/mol. The molecular formula is C24H31N3O4. The molecule has 2 aliphatic rings. The summed E-state index contributed by atoms with van der Waals surface area (Å²) in [4.78, 5) is 22.3. The lowest BCUT2D eigenvalue weighted by molar-refractivity contribution is 0.0367. The molecule has 0 spiro atoms. The number of aryl methyl sites for hydroxylation is 1. The van der Waals surface area contributed by atoms with Gasteiger partial charge in [0.25, 0.3) is 0 Å². The molecule has 1 N–H and O–H groups in total. The molecule has 0 amide bonds. The minimum Gasteiger partial charge on any atom is -0.492 e. The second kappa shape index (κ2) is 9.64. The van der Waals surface area contributed by atoms with E-state index in [4.69, 9.17) is 9.47 Å². The summed E-state index contributed by atoms with van der Waals surface area (Å²) in [5.74, 6) is 1.24. The molecule has 166 valence electrons. The molecule has 0 bridgehead atoms. The first-order chi connectivity index (χ1) is 15.0. The third kappa shape index (κ3) is 5.34. The number of nitrogens with zero attached hydrogens (tertiary/aromatic N) is 3. The zero-order valence-electron chi connectivity index (χ0n) is 18.3. The highest BCUT2D eigenvalue weighted by atomic mass is 16.5. The van der Waals surface area contributed by atoms with Crippen molar-refractivity contribution < 1.29 is 19.4 Å². The predicted octanol–water partition coefficient (Wildman–Crippen LogP) is 4.27. The summed E-state index contributed by atoms with van der Waals surface area (Å²) in [6.07, 6.45) is 8.37. The van der Waals surface area contributed by atoms with Crippen LogP contribution in [-0.2, 0) is 4.74 Å². The summed E-state index contributed by atoms with van der Waals surface area (Å²) in [7, 11) is 0. The van der Waals surface area contributed by atoms with E-state index in [0.29, 0.717) is 30.3 Å². The van der Waals surface area contributed by atoms with Gasteiger partial charge in [-0.15, -0.1) is 0 Å². The number of anilines is 1. The summed E-state index contributed by atoms with van der Waals surface area (Å²) in [5, 5.41) is 9.37. The van der Waals surface area contributed by atoms with Crippen LogP contribution >= 0.6 is 0 Å². The van der Waals surface area contributed by atoms with Gasteiger partial charge in [0.15, 0.2) is 5.69 Å². The van der Waals surface area contributed by atoms with Crippen molar-refractivity contribution in [1.82, 2.24) is 9.97 Å². The first-order valence-corrected chi connectivity index (χ1v) is 11.1. The number of rotatable bonds is 6. The van der Waals surface area contributed by atoms with Crippen LogP contribution in [0.3, 0.4) is 0 Å². The molecule has 1 aliphatic carbocycles. The minimum atomic E-state index is -1.02. The van der Waals surface area contributed by atoms with Gasteiger partial charge in [-0.1, -0.05) is 25.8 Å². The van der Waals surface area contributed by atoms with Crippen LogP contribution in [0.4, 0.5) is 5.69 Å². The molecule has 3 heterocycles. The van der Waals surface area contributed by atoms with Crippen LogP contribution in [0.15, 0.2) is 30.6 Å². The van der Waals surface area contributed by atoms with E-state index < -0.39 is 5.97 Å². The van der Waals surface area contributed by atoms with E-state index in [1.165, 1.54) is 25.7 Å². The maximum absolute atomic E-state index is 11.4. The number of aromatic carboxylic acids is 1. The highest BCUT2D eigenvalue weighted by Gasteiger charge is 2.25. The number of morpholine rings is 1. The minimum absolute atomic E-state index is 0.0763. The molecule has 7 heteroatoms. The van der Waals surface area contributed by atoms with Crippen molar-refractivity contribution in [1.29, 1.82) is 0 Å². The van der Waals surface area contributed by atoms with Crippen molar-refractivity contribution in [3.8, 4) is 5.75 Å². The fourth-order valence-electron chi connectivity index (χ4n) is 4.37. The third-order valence-electron chi connectivity index (χ3n) is 6.40. The topological polar surface area (TPSA) is 84.8 Å². The SMILES string of the molecule is Cc1ccc(C2CN(c3cncc(OCC4CCC(C)CC4)c3)CCO2)nc1C(=O)O. The fourth-order valence-corrected chi connectivity index (χ4v) is 4.37. The molecule has 1 aliphatic heterocycles. The molecule has 2 aromatic heterocycles. The third-order valence-corrected chi connectivity index (χ3v) is 6.40. The maximum atomic E-state index is 11.4. The lowest BCUT2D eigenvalue weighted by Gasteiger charge is -2.34. The number of aromatic nitrogens is 2. The van der Waals surface area contributed by atoms with E-state index in [9.17, 15) is 9.90 Å². The number of pyridine rings is 2. The molecule has 2 aromatic rings. The van der Waals surface area contributed by atoms with Crippen LogP contribution < -0.4 is 9.64 Å². The van der Waals surface area contributed by atoms with Crippen molar-refractivity contribution in [2.45, 2.75) is 45.6 Å². The molecule has 1 saturated carbocycles. The Labute approximate surface area is 183 Å². The smallest absolute Gasteiger partial charge is 0.354 e. The first-order valence-electron chi connectivity index (χ1n) is 11.1. The van der Waals surface area contributed by atoms with Crippen LogP contribution in [0, 0.1) is 18.8 Å². The highest BCUT2D eigenvalue weighted by Crippen LogP contribution is 2.30. The van der Waals surface area contributed by atoms with E-state index >= 15 is 0 Å². The molecule has 7 nitrogen and oxygen atoms in total. The number of hydrogen-bond donors (Lipinski definition) is 1. The van der Waals surface area contributed by atoms with Crippen LogP contribution in [0.1, 0.15) is 60.5 Å². The summed E-state index contributed by atoms with van der Waals surface area (Å²) in [6.45, 7) is 6.68. The lowest BCUT2D eigenvalue weighted by Crippen LogP contribution is -2.38. The molecule has 2 fully saturated rings. The van der Waals surface area contributed by atoms with Gasteiger partial charge < -0.3 is 19.5 Å². The Morgan fingerprint density at radius 3 is 2.84 bits per heavy atom. The largest absolute Gasteiger partial charge is 0.492 e. The van der Waals surface area contributed by atoms with Gasteiger partial charge in [0.2, 0.25) is 0 Å². The predicted molar refractivity (Wildman–Crippen MR) is 118 cm³/mol. The van der Waals surface area contributed by atoms with Crippen molar-refractivity contribution >= 4 is 11.7 Å². The van der Waals surface area contributed by atoms with Crippen LogP contribution in [0.5, 0.6) is 5.75 Å². The normalized spacial score (nSPS) is 24.1. The average Bonchev–Trinajstić information content (AvgIpc) is 2.79. The van der Waals surface area contributed by atoms with E-state index in [-0.39, 0.29) is 11.8 Å². The lowest BCUT2D eigenvalue weighted by atomic mass is 9.83. The molecule has 1 saturated heterocycles. The molecule has 1 atom stereocenters. The van der Waals surface area contributed by atoms with Crippen molar-refractivity contribution in [3.63, 3.8) is 0 Å². The molecular weight excluding hydrogens is 394 g/mol. The second-order valence-electron chi connectivity index (χ2n) is 8.83. The Morgan fingerprint density at radius 1 is 1.26 bits per heavy atom. The van der Waals surface area contributed by atoms with Gasteiger partial charge in [-0.05, 0) is 43.2 Å². The summed E-state index contributed by atoms with van der Waals surface area (Å²) in [5.41, 5.74) is 2.34. The monoisotopic (exact) mass is 425 g/mol. The Kier molecular flexibility index (Phi) is 6.70. The van der Waals surface area contributed by atoms with E-state index in [1.54, 1.807) is 19.2 Å². The maximum Gasteiger partial charge on any atom is 0.354 e. The van der Waals surface area contributed by atoms with Gasteiger partial charge in [-0.3, -0.25) is 4.98 Å². The zero-order chi connectivity index (χ0) is 21.8. The van der Waals surface area contributed by atoms with Gasteiger partial charge in [0.1, 0.15) is 11.9 Å². The van der Waals surface area contributed by atoms with Crippen LogP contribution in [0.25, 0.3) is 0 Å². The van der Waals surface area contributed by atoms with E-state index in [1.807, 2.05) is 18.3 Å². The van der Waals surface area contributed by atoms with Crippen molar-refractivity contribution in [2.75, 3.05) is 31.2 Å². The van der Waals surface area contributed by atoms with Crippen LogP contribution in [0.2, 0.25) is 0 Å². The molecule has 1 unspecified atom stereocenters. The molecule has 0 aromatic carbocycles. The number of hydrogen-bond acceptors (Lipinski definition) is 6. The number of carboxylic acids is 1. The second-order valence-corrected chi connectivity index (χ2v) is 8.83. The Hall–Kier alpha value is -2.67. The standard InChI is InChI=1S/C24H31N3O4/c1-16-3-6-18(7-4-16)15-31-20-11-19(12-25-13-20)27-9-10-30-22(14-27)21-8-5-17(2)23(26-21)24(28)29/h5,8,11-13,16,18,22H,3-4,6-7,9-10,14-15H2,1-2H3,(H,28,29). The molecule has 31 heavy (non-hydrogen) atoms. The van der Waals surface area contributed by atoms with Crippen molar-refractivity contribution in [2.24, 2.45) is 11.8 Å². The van der Waals surface area contributed by atoms with Gasteiger partial charge >= 0.3 is 5.97 Å². The van der Waals surface area contributed by atoms with Gasteiger partial charge in [-0.2, -0.15) is 0 Å². The van der Waals surface area contributed by atoms with Crippen molar-refractivity contribution in [3.05, 3.63) is 47.5 Å². The van der Waals surface area contributed by atoms with E-state index in [2.05, 4.69) is 21.8 Å². The molecule has 4 rings (SSSR count). The fraction of sp³-hybridized carbons (Fsp3) is 0.542. The first kappa shape index (κ1) is 21.6. The Morgan fingerprint density at radius 2 is 2.06 bits per heavy atom.